The zero-order valence-corrected chi connectivity index (χ0v) is 30.5. The number of aryl methyl sites for hydroxylation is 2. The minimum Gasteiger partial charge on any atom is -0.518 e. The van der Waals surface area contributed by atoms with Gasteiger partial charge in [-0.3, -0.25) is 9.98 Å². The van der Waals surface area contributed by atoms with E-state index in [1.807, 2.05) is 42.7 Å². The normalized spacial score (nSPS) is 18.1. The van der Waals surface area contributed by atoms with Crippen LogP contribution in [0.1, 0.15) is 73.8 Å². The summed E-state index contributed by atoms with van der Waals surface area (Å²) in [5.74, 6) is 3.39. The zero-order chi connectivity index (χ0) is 32.6. The zero-order valence-electron chi connectivity index (χ0n) is 28.2. The van der Waals surface area contributed by atoms with E-state index in [1.165, 1.54) is 59.7 Å². The molecule has 3 aromatic carbocycles. The Labute approximate surface area is 301 Å². The van der Waals surface area contributed by atoms with E-state index < -0.39 is 0 Å². The number of benzene rings is 3. The van der Waals surface area contributed by atoms with Gasteiger partial charge in [-0.2, -0.15) is 6.07 Å². The van der Waals surface area contributed by atoms with Crippen molar-refractivity contribution in [3.05, 3.63) is 113 Å². The molecule has 0 bridgehead atoms. The van der Waals surface area contributed by atoms with Crippen LogP contribution in [-0.4, -0.2) is 33.1 Å². The van der Waals surface area contributed by atoms with Gasteiger partial charge in [0.1, 0.15) is 11.7 Å². The van der Waals surface area contributed by atoms with Gasteiger partial charge in [-0.05, 0) is 54.8 Å². The average Bonchev–Trinajstić information content (AvgIpc) is 3.72. The second kappa shape index (κ2) is 12.2. The van der Waals surface area contributed by atoms with E-state index >= 15 is 0 Å². The maximum atomic E-state index is 6.74. The number of pyridine rings is 2. The van der Waals surface area contributed by atoms with E-state index in [-0.39, 0.29) is 32.5 Å². The molecule has 1 atom stereocenters. The molecule has 0 radical (unpaired) electrons. The second-order valence-corrected chi connectivity index (χ2v) is 14.3. The van der Waals surface area contributed by atoms with Crippen molar-refractivity contribution in [2.45, 2.75) is 71.3 Å². The van der Waals surface area contributed by atoms with Gasteiger partial charge in [-0.25, -0.2) is 4.98 Å². The predicted octanol–water partition coefficient (Wildman–Crippen LogP) is 9.61. The minimum atomic E-state index is -0.190. The average molecular weight is 826 g/mol. The molecule has 6 aromatic rings. The largest absolute Gasteiger partial charge is 2.00 e. The number of nitrogens with zero attached hydrogens (tertiary/aromatic N) is 4. The van der Waals surface area contributed by atoms with Crippen LogP contribution in [0.3, 0.4) is 0 Å². The first-order chi connectivity index (χ1) is 23.3. The van der Waals surface area contributed by atoms with Gasteiger partial charge < -0.3 is 14.0 Å². The standard InChI is InChI=1S/C42H38N4O2.Pt/c1-25-17-32-31-19-26(2)38(23-37(31)46-39(32)34(18-25)42(3,4)33-13-10-16-44-40(33)46)48-30-21-28(35-14-8-9-15-43-35)20-29(22-30)41-45-36(24-47-41)27-11-6-5-7-12-27;/h8-10,13-21,27,36H,5-7,11-12,24H2,1-4H3;/q-2;+2/t36-;/m0./s1. The van der Waals surface area contributed by atoms with Crippen molar-refractivity contribution in [1.29, 1.82) is 0 Å². The van der Waals surface area contributed by atoms with E-state index in [0.717, 1.165) is 39.1 Å². The Bertz CT molecular complexity index is 2270. The topological polar surface area (TPSA) is 61.5 Å². The molecule has 49 heavy (non-hydrogen) atoms. The molecule has 0 spiro atoms. The summed E-state index contributed by atoms with van der Waals surface area (Å²) in [5.41, 5.74) is 9.25. The predicted molar refractivity (Wildman–Crippen MR) is 190 cm³/mol. The van der Waals surface area contributed by atoms with Crippen LogP contribution >= 0.6 is 0 Å². The molecular weight excluding hydrogens is 788 g/mol. The summed E-state index contributed by atoms with van der Waals surface area (Å²) in [7, 11) is 0. The summed E-state index contributed by atoms with van der Waals surface area (Å²) in [4.78, 5) is 14.7. The fourth-order valence-electron chi connectivity index (χ4n) is 8.15. The fraction of sp³-hybridized carbons (Fsp3) is 0.310. The third kappa shape index (κ3) is 5.31. The summed E-state index contributed by atoms with van der Waals surface area (Å²) in [5, 5.41) is 2.36. The number of aromatic nitrogens is 3. The Morgan fingerprint density at radius 1 is 0.878 bits per heavy atom. The molecule has 0 amide bonds. The quantitative estimate of drug-likeness (QED) is 0.163. The van der Waals surface area contributed by atoms with Crippen LogP contribution in [0.25, 0.3) is 38.9 Å². The first-order valence-corrected chi connectivity index (χ1v) is 17.2. The third-order valence-corrected chi connectivity index (χ3v) is 10.7. The molecule has 2 aliphatic heterocycles. The van der Waals surface area contributed by atoms with Crippen molar-refractivity contribution in [2.75, 3.05) is 6.61 Å². The van der Waals surface area contributed by atoms with Crippen molar-refractivity contribution >= 4 is 27.7 Å². The SMILES string of the molecule is Cc1cc2c3c(c1)c1cc(C)c(Oc4[c-]c(C5=N[C@H](C6CCCCC6)CO5)cc(-c5ccccn5)c4)[c-]c1n3-c1ncccc1C2(C)C.[Pt+2]. The van der Waals surface area contributed by atoms with Gasteiger partial charge in [0.05, 0.1) is 18.3 Å². The molecule has 1 aliphatic carbocycles. The van der Waals surface area contributed by atoms with Crippen molar-refractivity contribution in [1.82, 2.24) is 14.5 Å². The van der Waals surface area contributed by atoms with Crippen molar-refractivity contribution in [3.63, 3.8) is 0 Å². The summed E-state index contributed by atoms with van der Waals surface area (Å²) < 4.78 is 15.3. The van der Waals surface area contributed by atoms with Crippen molar-refractivity contribution in [2.24, 2.45) is 10.9 Å². The smallest absolute Gasteiger partial charge is 0.518 e. The maximum Gasteiger partial charge on any atom is 2.00 e. The molecule has 3 aromatic heterocycles. The van der Waals surface area contributed by atoms with Gasteiger partial charge in [-0.15, -0.1) is 23.1 Å². The van der Waals surface area contributed by atoms with E-state index in [4.69, 9.17) is 19.5 Å². The molecule has 0 N–H and O–H groups in total. The fourth-order valence-corrected chi connectivity index (χ4v) is 8.15. The van der Waals surface area contributed by atoms with Crippen LogP contribution in [0.2, 0.25) is 0 Å². The maximum absolute atomic E-state index is 6.74. The molecule has 1 fully saturated rings. The molecule has 6 nitrogen and oxygen atoms in total. The molecular formula is C42H38N4O2Pt. The van der Waals surface area contributed by atoms with Crippen LogP contribution in [0.4, 0.5) is 0 Å². The van der Waals surface area contributed by atoms with E-state index in [0.29, 0.717) is 29.9 Å². The molecule has 0 saturated heterocycles. The van der Waals surface area contributed by atoms with Crippen molar-refractivity contribution in [3.8, 4) is 28.6 Å². The number of hydrogen-bond acceptors (Lipinski definition) is 5. The Morgan fingerprint density at radius 3 is 2.53 bits per heavy atom. The molecule has 3 aliphatic rings. The van der Waals surface area contributed by atoms with Crippen LogP contribution in [0, 0.1) is 31.9 Å². The number of aliphatic imine (C=N–C) groups is 1. The Hall–Kier alpha value is -4.28. The number of rotatable bonds is 5. The molecule has 7 heteroatoms. The van der Waals surface area contributed by atoms with Crippen LogP contribution in [0.5, 0.6) is 11.5 Å². The first kappa shape index (κ1) is 32.0. The van der Waals surface area contributed by atoms with Gasteiger partial charge in [0.25, 0.3) is 0 Å². The van der Waals surface area contributed by atoms with E-state index in [1.54, 1.807) is 0 Å². The number of hydrogen-bond donors (Lipinski definition) is 0. The molecule has 1 saturated carbocycles. The van der Waals surface area contributed by atoms with Gasteiger partial charge in [0.2, 0.25) is 0 Å². The van der Waals surface area contributed by atoms with Gasteiger partial charge in [0, 0.05) is 40.4 Å². The molecule has 5 heterocycles. The minimum absolute atomic E-state index is 0. The Balaban J connectivity index is 0.00000348. The van der Waals surface area contributed by atoms with Crippen LogP contribution < -0.4 is 4.74 Å². The summed E-state index contributed by atoms with van der Waals surface area (Å²) in [6, 6.07) is 28.5. The van der Waals surface area contributed by atoms with E-state index in [9.17, 15) is 0 Å². The monoisotopic (exact) mass is 825 g/mol. The Morgan fingerprint density at radius 2 is 1.71 bits per heavy atom. The van der Waals surface area contributed by atoms with E-state index in [2.05, 4.69) is 79.7 Å². The van der Waals surface area contributed by atoms with Crippen LogP contribution in [-0.2, 0) is 31.2 Å². The molecule has 0 unspecified atom stereocenters. The first-order valence-electron chi connectivity index (χ1n) is 17.2. The molecule has 9 rings (SSSR count). The van der Waals surface area contributed by atoms with Crippen molar-refractivity contribution < 1.29 is 30.5 Å². The summed E-state index contributed by atoms with van der Waals surface area (Å²) in [6.45, 7) is 9.48. The Kier molecular flexibility index (Phi) is 7.98. The van der Waals surface area contributed by atoms with Gasteiger partial charge in [-0.1, -0.05) is 98.6 Å². The van der Waals surface area contributed by atoms with Crippen LogP contribution in [0.15, 0.2) is 78.0 Å². The number of fused-ring (bicyclic) bond motifs is 5. The molecule has 248 valence electrons. The summed E-state index contributed by atoms with van der Waals surface area (Å²) >= 11 is 0. The second-order valence-electron chi connectivity index (χ2n) is 14.3. The van der Waals surface area contributed by atoms with Gasteiger partial charge in [0.15, 0.2) is 0 Å². The number of ether oxygens (including phenoxy) is 2. The third-order valence-electron chi connectivity index (χ3n) is 10.7. The van der Waals surface area contributed by atoms with Gasteiger partial charge >= 0.3 is 21.1 Å². The summed E-state index contributed by atoms with van der Waals surface area (Å²) in [6.07, 6.45) is 10.0.